The Morgan fingerprint density at radius 3 is 2.64 bits per heavy atom. The molecule has 5 nitrogen and oxygen atoms in total. The molecule has 0 aliphatic heterocycles. The van der Waals surface area contributed by atoms with Crippen molar-refractivity contribution in [1.82, 2.24) is 15.1 Å². The lowest BCUT2D eigenvalue weighted by atomic mass is 9.85. The van der Waals surface area contributed by atoms with E-state index in [1.807, 2.05) is 18.5 Å². The fourth-order valence-corrected chi connectivity index (χ4v) is 3.97. The Bertz CT molecular complexity index is 545. The van der Waals surface area contributed by atoms with E-state index in [0.29, 0.717) is 12.0 Å². The molecule has 2 saturated carbocycles. The molecule has 22 heavy (non-hydrogen) atoms. The van der Waals surface area contributed by atoms with Gasteiger partial charge in [-0.2, -0.15) is 5.10 Å². The molecule has 1 aromatic heterocycles. The maximum absolute atomic E-state index is 12.2. The highest BCUT2D eigenvalue weighted by atomic mass is 16.2. The van der Waals surface area contributed by atoms with E-state index in [9.17, 15) is 4.79 Å². The number of carbonyl (C=O) groups is 1. The van der Waals surface area contributed by atoms with Gasteiger partial charge in [0, 0.05) is 12.6 Å². The van der Waals surface area contributed by atoms with Crippen LogP contribution in [0.5, 0.6) is 0 Å². The topological polar surface area (TPSA) is 59.0 Å². The van der Waals surface area contributed by atoms with E-state index in [1.54, 1.807) is 0 Å². The first-order valence-corrected chi connectivity index (χ1v) is 8.71. The average Bonchev–Trinajstić information content (AvgIpc) is 3.23. The summed E-state index contributed by atoms with van der Waals surface area (Å²) >= 11 is 0. The molecule has 0 bridgehead atoms. The van der Waals surface area contributed by atoms with Crippen molar-refractivity contribution in [3.8, 4) is 0 Å². The molecule has 2 aliphatic carbocycles. The van der Waals surface area contributed by atoms with E-state index < -0.39 is 0 Å². The zero-order valence-electron chi connectivity index (χ0n) is 14.0. The fraction of sp³-hybridized carbons (Fsp3) is 0.765. The molecule has 122 valence electrons. The second-order valence-electron chi connectivity index (χ2n) is 6.86. The minimum absolute atomic E-state index is 0.0786. The van der Waals surface area contributed by atoms with Gasteiger partial charge in [0.05, 0.1) is 17.1 Å². The Morgan fingerprint density at radius 1 is 1.27 bits per heavy atom. The van der Waals surface area contributed by atoms with E-state index in [-0.39, 0.29) is 6.03 Å². The van der Waals surface area contributed by atoms with E-state index in [2.05, 4.69) is 22.7 Å². The molecule has 2 aliphatic rings. The molecule has 2 atom stereocenters. The second kappa shape index (κ2) is 6.31. The van der Waals surface area contributed by atoms with Crippen LogP contribution in [0, 0.1) is 25.7 Å². The van der Waals surface area contributed by atoms with Crippen LogP contribution in [0.2, 0.25) is 0 Å². The predicted molar refractivity (Wildman–Crippen MR) is 88.0 cm³/mol. The second-order valence-corrected chi connectivity index (χ2v) is 6.86. The zero-order valence-corrected chi connectivity index (χ0v) is 14.0. The summed E-state index contributed by atoms with van der Waals surface area (Å²) in [6.07, 6.45) is 7.99. The van der Waals surface area contributed by atoms with Crippen molar-refractivity contribution in [3.05, 3.63) is 11.4 Å². The molecule has 0 aromatic carbocycles. The van der Waals surface area contributed by atoms with Gasteiger partial charge in [-0.05, 0) is 39.0 Å². The highest BCUT2D eigenvalue weighted by molar-refractivity contribution is 5.90. The SMILES string of the molecule is CCn1nc(C)c(NC(=O)NC2CC2C2CCCCC2)c1C. The molecular formula is C17H28N4O. The summed E-state index contributed by atoms with van der Waals surface area (Å²) in [5.74, 6) is 1.55. The molecular weight excluding hydrogens is 276 g/mol. The van der Waals surface area contributed by atoms with E-state index >= 15 is 0 Å². The van der Waals surface area contributed by atoms with E-state index in [0.717, 1.165) is 36.0 Å². The van der Waals surface area contributed by atoms with Crippen molar-refractivity contribution in [2.75, 3.05) is 5.32 Å². The van der Waals surface area contributed by atoms with Gasteiger partial charge in [-0.3, -0.25) is 4.68 Å². The minimum atomic E-state index is -0.0786. The third-order valence-corrected chi connectivity index (χ3v) is 5.33. The van der Waals surface area contributed by atoms with Crippen LogP contribution < -0.4 is 10.6 Å². The summed E-state index contributed by atoms with van der Waals surface area (Å²) in [5.41, 5.74) is 2.76. The first-order chi connectivity index (χ1) is 10.6. The molecule has 2 fully saturated rings. The van der Waals surface area contributed by atoms with Crippen LogP contribution in [0.1, 0.15) is 56.8 Å². The summed E-state index contributed by atoms with van der Waals surface area (Å²) in [4.78, 5) is 12.2. The molecule has 0 radical (unpaired) electrons. The normalized spacial score (nSPS) is 25.0. The number of rotatable bonds is 4. The summed E-state index contributed by atoms with van der Waals surface area (Å²) < 4.78 is 1.92. The largest absolute Gasteiger partial charge is 0.335 e. The highest BCUT2D eigenvalue weighted by Crippen LogP contribution is 2.44. The maximum Gasteiger partial charge on any atom is 0.319 e. The van der Waals surface area contributed by atoms with Crippen LogP contribution in [0.3, 0.4) is 0 Å². The Kier molecular flexibility index (Phi) is 4.41. The van der Waals surface area contributed by atoms with Crippen molar-refractivity contribution >= 4 is 11.7 Å². The first-order valence-electron chi connectivity index (χ1n) is 8.71. The standard InChI is InChI=1S/C17H28N4O/c1-4-21-12(3)16(11(2)20-21)19-17(22)18-15-10-14(15)13-8-6-5-7-9-13/h13-15H,4-10H2,1-3H3,(H2,18,19,22). The van der Waals surface area contributed by atoms with Crippen molar-refractivity contribution < 1.29 is 4.79 Å². The molecule has 0 saturated heterocycles. The lowest BCUT2D eigenvalue weighted by Gasteiger charge is -2.21. The number of carbonyl (C=O) groups excluding carboxylic acids is 1. The number of urea groups is 1. The molecule has 2 unspecified atom stereocenters. The number of hydrogen-bond donors (Lipinski definition) is 2. The Balaban J connectivity index is 1.52. The third-order valence-electron chi connectivity index (χ3n) is 5.33. The number of amides is 2. The van der Waals surface area contributed by atoms with Gasteiger partial charge in [-0.25, -0.2) is 4.79 Å². The van der Waals surface area contributed by atoms with Crippen LogP contribution >= 0.6 is 0 Å². The van der Waals surface area contributed by atoms with Crippen LogP contribution in [0.15, 0.2) is 0 Å². The molecule has 0 spiro atoms. The fourth-order valence-electron chi connectivity index (χ4n) is 3.97. The highest BCUT2D eigenvalue weighted by Gasteiger charge is 2.43. The van der Waals surface area contributed by atoms with Gasteiger partial charge in [0.2, 0.25) is 0 Å². The Labute approximate surface area is 132 Å². The average molecular weight is 304 g/mol. The molecule has 1 aromatic rings. The third kappa shape index (κ3) is 3.13. The van der Waals surface area contributed by atoms with Crippen LogP contribution in [-0.4, -0.2) is 21.9 Å². The summed E-state index contributed by atoms with van der Waals surface area (Å²) in [6.45, 7) is 6.82. The quantitative estimate of drug-likeness (QED) is 0.892. The van der Waals surface area contributed by atoms with Crippen molar-refractivity contribution in [1.29, 1.82) is 0 Å². The van der Waals surface area contributed by atoms with Gasteiger partial charge < -0.3 is 10.6 Å². The van der Waals surface area contributed by atoms with Crippen molar-refractivity contribution in [3.63, 3.8) is 0 Å². The van der Waals surface area contributed by atoms with Crippen molar-refractivity contribution in [2.45, 2.75) is 71.9 Å². The van der Waals surface area contributed by atoms with E-state index in [4.69, 9.17) is 0 Å². The Hall–Kier alpha value is -1.52. The summed E-state index contributed by atoms with van der Waals surface area (Å²) in [5, 5.41) is 10.6. The van der Waals surface area contributed by atoms with Gasteiger partial charge in [0.15, 0.2) is 0 Å². The van der Waals surface area contributed by atoms with Gasteiger partial charge in [-0.15, -0.1) is 0 Å². The number of nitrogens with zero attached hydrogens (tertiary/aromatic N) is 2. The lowest BCUT2D eigenvalue weighted by Crippen LogP contribution is -2.32. The van der Waals surface area contributed by atoms with Gasteiger partial charge in [0.25, 0.3) is 0 Å². The van der Waals surface area contributed by atoms with Gasteiger partial charge in [-0.1, -0.05) is 32.1 Å². The summed E-state index contributed by atoms with van der Waals surface area (Å²) in [7, 11) is 0. The lowest BCUT2D eigenvalue weighted by molar-refractivity contribution is 0.249. The van der Waals surface area contributed by atoms with Gasteiger partial charge >= 0.3 is 6.03 Å². The van der Waals surface area contributed by atoms with Crippen LogP contribution in [0.4, 0.5) is 10.5 Å². The zero-order chi connectivity index (χ0) is 15.7. The Morgan fingerprint density at radius 2 is 2.00 bits per heavy atom. The predicted octanol–water partition coefficient (Wildman–Crippen LogP) is 3.61. The number of nitrogens with one attached hydrogen (secondary N) is 2. The minimum Gasteiger partial charge on any atom is -0.335 e. The number of aryl methyl sites for hydroxylation is 2. The molecule has 2 amide bonds. The van der Waals surface area contributed by atoms with Crippen molar-refractivity contribution in [2.24, 2.45) is 11.8 Å². The van der Waals surface area contributed by atoms with E-state index in [1.165, 1.54) is 32.1 Å². The van der Waals surface area contributed by atoms with Crippen LogP contribution in [0.25, 0.3) is 0 Å². The number of anilines is 1. The summed E-state index contributed by atoms with van der Waals surface area (Å²) in [6, 6.07) is 0.301. The molecule has 3 rings (SSSR count). The first kappa shape index (κ1) is 15.4. The van der Waals surface area contributed by atoms with Crippen LogP contribution in [-0.2, 0) is 6.54 Å². The maximum atomic E-state index is 12.2. The molecule has 1 heterocycles. The number of hydrogen-bond acceptors (Lipinski definition) is 2. The smallest absolute Gasteiger partial charge is 0.319 e. The van der Waals surface area contributed by atoms with Gasteiger partial charge in [0.1, 0.15) is 0 Å². The molecule has 2 N–H and O–H groups in total. The number of aromatic nitrogens is 2. The molecule has 5 heteroatoms. The monoisotopic (exact) mass is 304 g/mol.